The van der Waals surface area contributed by atoms with Gasteiger partial charge < -0.3 is 4.57 Å². The van der Waals surface area contributed by atoms with Crippen LogP contribution in [-0.4, -0.2) is 27.5 Å². The first kappa shape index (κ1) is 16.1. The Hall–Kier alpha value is -2.91. The van der Waals surface area contributed by atoms with Gasteiger partial charge in [-0.25, -0.2) is 0 Å². The number of nitrogens with zero attached hydrogens (tertiary/aromatic N) is 3. The second kappa shape index (κ2) is 6.05. The topological polar surface area (TPSA) is 21.1 Å². The minimum absolute atomic E-state index is 0.678. The molecule has 0 N–H and O–H groups in total. The van der Waals surface area contributed by atoms with E-state index in [1.807, 2.05) is 12.4 Å². The highest BCUT2D eigenvalue weighted by Crippen LogP contribution is 2.43. The minimum atomic E-state index is 0.678. The third kappa shape index (κ3) is 2.36. The second-order valence-electron chi connectivity index (χ2n) is 8.22. The monoisotopic (exact) mass is 365 g/mol. The minimum Gasteiger partial charge on any atom is -0.312 e. The maximum absolute atomic E-state index is 4.16. The number of aromatic nitrogens is 2. The van der Waals surface area contributed by atoms with Crippen LogP contribution in [0.4, 0.5) is 0 Å². The van der Waals surface area contributed by atoms with E-state index in [9.17, 15) is 0 Å². The maximum Gasteiger partial charge on any atom is 0.0535 e. The quantitative estimate of drug-likeness (QED) is 0.480. The van der Waals surface area contributed by atoms with Crippen LogP contribution < -0.4 is 0 Å². The Morgan fingerprint density at radius 2 is 1.86 bits per heavy atom. The third-order valence-corrected chi connectivity index (χ3v) is 6.44. The average Bonchev–Trinajstić information content (AvgIpc) is 3.27. The van der Waals surface area contributed by atoms with Crippen LogP contribution in [0.3, 0.4) is 0 Å². The highest BCUT2D eigenvalue weighted by atomic mass is 15.2. The van der Waals surface area contributed by atoms with Crippen LogP contribution in [0.5, 0.6) is 0 Å². The van der Waals surface area contributed by atoms with Gasteiger partial charge in [-0.15, -0.1) is 0 Å². The number of fused-ring (bicyclic) bond motifs is 6. The lowest BCUT2D eigenvalue weighted by Gasteiger charge is -2.25. The first-order valence-corrected chi connectivity index (χ1v) is 10.1. The molecule has 0 aliphatic carbocycles. The van der Waals surface area contributed by atoms with Gasteiger partial charge in [0.1, 0.15) is 0 Å². The van der Waals surface area contributed by atoms with Crippen molar-refractivity contribution in [3.8, 4) is 16.8 Å². The van der Waals surface area contributed by atoms with Gasteiger partial charge in [-0.2, -0.15) is 0 Å². The molecule has 2 aromatic heterocycles. The molecule has 0 radical (unpaired) electrons. The highest BCUT2D eigenvalue weighted by molar-refractivity contribution is 5.89. The summed E-state index contributed by atoms with van der Waals surface area (Å²) in [4.78, 5) is 6.78. The van der Waals surface area contributed by atoms with Crippen molar-refractivity contribution < 1.29 is 0 Å². The van der Waals surface area contributed by atoms with E-state index < -0.39 is 0 Å². The molecule has 2 aromatic carbocycles. The molecule has 3 nitrogen and oxygen atoms in total. The van der Waals surface area contributed by atoms with E-state index in [1.54, 1.807) is 5.56 Å². The van der Waals surface area contributed by atoms with Crippen LogP contribution in [0.15, 0.2) is 67.0 Å². The van der Waals surface area contributed by atoms with Crippen molar-refractivity contribution in [3.05, 3.63) is 83.8 Å². The molecule has 1 fully saturated rings. The third-order valence-electron chi connectivity index (χ3n) is 6.44. The molecule has 3 heteroatoms. The molecule has 28 heavy (non-hydrogen) atoms. The number of aryl methyl sites for hydroxylation is 1. The van der Waals surface area contributed by atoms with E-state index in [4.69, 9.17) is 0 Å². The molecule has 0 amide bonds. The van der Waals surface area contributed by atoms with Gasteiger partial charge in [0.25, 0.3) is 0 Å². The van der Waals surface area contributed by atoms with E-state index in [0.29, 0.717) is 5.92 Å². The predicted octanol–water partition coefficient (Wildman–Crippen LogP) is 5.30. The van der Waals surface area contributed by atoms with Crippen LogP contribution in [-0.2, 0) is 6.54 Å². The van der Waals surface area contributed by atoms with E-state index in [-0.39, 0.29) is 0 Å². The van der Waals surface area contributed by atoms with Crippen molar-refractivity contribution in [3.63, 3.8) is 0 Å². The van der Waals surface area contributed by atoms with E-state index in [1.165, 1.54) is 58.5 Å². The van der Waals surface area contributed by atoms with Crippen LogP contribution in [0, 0.1) is 6.92 Å². The molecule has 4 heterocycles. The van der Waals surface area contributed by atoms with Crippen molar-refractivity contribution >= 4 is 10.9 Å². The summed E-state index contributed by atoms with van der Waals surface area (Å²) in [6.07, 6.45) is 5.02. The highest BCUT2D eigenvalue weighted by Gasteiger charge is 2.35. The number of hydrogen-bond acceptors (Lipinski definition) is 2. The summed E-state index contributed by atoms with van der Waals surface area (Å²) in [5.41, 5.74) is 9.48. The van der Waals surface area contributed by atoms with Gasteiger partial charge in [-0.3, -0.25) is 9.88 Å². The van der Waals surface area contributed by atoms with Crippen LogP contribution in [0.2, 0.25) is 0 Å². The SMILES string of the molecule is Cc1ccc2c(c1)c1c(n2-c2cccc(-c3ccncc3)c2)CN2CCC1C2. The Morgan fingerprint density at radius 1 is 0.964 bits per heavy atom. The molecule has 2 atom stereocenters. The number of benzene rings is 2. The van der Waals surface area contributed by atoms with Crippen molar-refractivity contribution in [2.24, 2.45) is 0 Å². The molecule has 0 saturated carbocycles. The molecule has 0 spiro atoms. The summed E-state index contributed by atoms with van der Waals surface area (Å²) in [5, 5.41) is 1.45. The normalized spacial score (nSPS) is 20.5. The number of pyridine rings is 1. The summed E-state index contributed by atoms with van der Waals surface area (Å²) in [7, 11) is 0. The van der Waals surface area contributed by atoms with Gasteiger partial charge in [0.15, 0.2) is 0 Å². The molecular formula is C25H23N3. The standard InChI is InChI=1S/C25H23N3/c1-17-5-6-23-22(13-17)25-20-9-12-27(15-20)16-24(25)28(23)21-4-2-3-19(14-21)18-7-10-26-11-8-18/h2-8,10-11,13-14,20H,9,12,15-16H2,1H3. The lowest BCUT2D eigenvalue weighted by atomic mass is 9.93. The van der Waals surface area contributed by atoms with Crippen LogP contribution in [0.1, 0.15) is 29.2 Å². The molecule has 2 aliphatic rings. The van der Waals surface area contributed by atoms with Crippen molar-refractivity contribution in [1.29, 1.82) is 0 Å². The Labute approximate surface area is 165 Å². The summed E-state index contributed by atoms with van der Waals surface area (Å²) in [6.45, 7) is 5.71. The summed E-state index contributed by atoms with van der Waals surface area (Å²) >= 11 is 0. The number of rotatable bonds is 2. The zero-order chi connectivity index (χ0) is 18.7. The molecule has 2 unspecified atom stereocenters. The molecule has 6 rings (SSSR count). The lowest BCUT2D eigenvalue weighted by Crippen LogP contribution is -2.26. The van der Waals surface area contributed by atoms with Gasteiger partial charge in [0, 0.05) is 48.2 Å². The summed E-state index contributed by atoms with van der Waals surface area (Å²) in [6, 6.07) is 20.0. The predicted molar refractivity (Wildman–Crippen MR) is 114 cm³/mol. The fraction of sp³-hybridized carbons (Fsp3) is 0.240. The molecule has 1 saturated heterocycles. The Morgan fingerprint density at radius 3 is 2.75 bits per heavy atom. The zero-order valence-corrected chi connectivity index (χ0v) is 16.1. The van der Waals surface area contributed by atoms with Crippen molar-refractivity contribution in [1.82, 2.24) is 14.5 Å². The van der Waals surface area contributed by atoms with E-state index in [0.717, 1.165) is 6.54 Å². The van der Waals surface area contributed by atoms with E-state index in [2.05, 4.69) is 76.0 Å². The van der Waals surface area contributed by atoms with Gasteiger partial charge >= 0.3 is 0 Å². The second-order valence-corrected chi connectivity index (χ2v) is 8.22. The fourth-order valence-electron chi connectivity index (χ4n) is 5.18. The molecular weight excluding hydrogens is 342 g/mol. The van der Waals surface area contributed by atoms with Gasteiger partial charge in [-0.1, -0.05) is 23.8 Å². The fourth-order valence-corrected chi connectivity index (χ4v) is 5.18. The van der Waals surface area contributed by atoms with Gasteiger partial charge in [0.05, 0.1) is 5.52 Å². The summed E-state index contributed by atoms with van der Waals surface area (Å²) in [5.74, 6) is 0.678. The zero-order valence-electron chi connectivity index (χ0n) is 16.1. The summed E-state index contributed by atoms with van der Waals surface area (Å²) < 4.78 is 2.51. The van der Waals surface area contributed by atoms with E-state index >= 15 is 0 Å². The first-order valence-electron chi connectivity index (χ1n) is 10.1. The molecule has 4 aromatic rings. The smallest absolute Gasteiger partial charge is 0.0535 e. The van der Waals surface area contributed by atoms with Crippen LogP contribution in [0.25, 0.3) is 27.7 Å². The van der Waals surface area contributed by atoms with Crippen molar-refractivity contribution in [2.45, 2.75) is 25.8 Å². The molecule has 2 bridgehead atoms. The lowest BCUT2D eigenvalue weighted by molar-refractivity contribution is 0.308. The van der Waals surface area contributed by atoms with Crippen LogP contribution >= 0.6 is 0 Å². The Bertz CT molecular complexity index is 1190. The average molecular weight is 365 g/mol. The van der Waals surface area contributed by atoms with Crippen molar-refractivity contribution in [2.75, 3.05) is 13.1 Å². The largest absolute Gasteiger partial charge is 0.312 e. The Kier molecular flexibility index (Phi) is 3.47. The maximum atomic E-state index is 4.16. The first-order chi connectivity index (χ1) is 13.8. The van der Waals surface area contributed by atoms with Gasteiger partial charge in [0.2, 0.25) is 0 Å². The molecule has 138 valence electrons. The molecule has 2 aliphatic heterocycles. The Balaban J connectivity index is 1.61. The van der Waals surface area contributed by atoms with Gasteiger partial charge in [-0.05, 0) is 73.0 Å². The number of hydrogen-bond donors (Lipinski definition) is 0.